The van der Waals surface area contributed by atoms with Gasteiger partial charge in [0.05, 0.1) is 6.10 Å². The van der Waals surface area contributed by atoms with Crippen LogP contribution in [0.1, 0.15) is 25.6 Å². The Morgan fingerprint density at radius 1 is 1.57 bits per heavy atom. The topological polar surface area (TPSA) is 58.0 Å². The zero-order chi connectivity index (χ0) is 10.4. The summed E-state index contributed by atoms with van der Waals surface area (Å²) in [6, 6.07) is 1.82. The van der Waals surface area contributed by atoms with Gasteiger partial charge in [-0.2, -0.15) is 0 Å². The number of aliphatic hydroxyl groups excluding tert-OH is 1. The van der Waals surface area contributed by atoms with Crippen molar-refractivity contribution >= 4 is 5.82 Å². The maximum Gasteiger partial charge on any atom is 0.129 e. The van der Waals surface area contributed by atoms with Crippen LogP contribution in [0.25, 0.3) is 0 Å². The second-order valence-corrected chi connectivity index (χ2v) is 3.27. The molecule has 0 amide bonds. The minimum Gasteiger partial charge on any atom is -0.393 e. The summed E-state index contributed by atoms with van der Waals surface area (Å²) in [5.74, 6) is 1.58. The molecule has 14 heavy (non-hydrogen) atoms. The van der Waals surface area contributed by atoms with Crippen LogP contribution in [0.4, 0.5) is 5.82 Å². The molecular weight excluding hydrogens is 178 g/mol. The van der Waals surface area contributed by atoms with E-state index in [1.54, 1.807) is 6.20 Å². The van der Waals surface area contributed by atoms with Gasteiger partial charge in [0.15, 0.2) is 0 Å². The predicted octanol–water partition coefficient (Wildman–Crippen LogP) is 1.36. The highest BCUT2D eigenvalue weighted by Crippen LogP contribution is 2.02. The highest BCUT2D eigenvalue weighted by Gasteiger charge is 2.00. The average Bonchev–Trinajstić information content (AvgIpc) is 2.17. The largest absolute Gasteiger partial charge is 0.393 e. The van der Waals surface area contributed by atoms with Crippen LogP contribution < -0.4 is 5.32 Å². The third kappa shape index (κ3) is 3.70. The normalized spacial score (nSPS) is 12.5. The van der Waals surface area contributed by atoms with Crippen molar-refractivity contribution in [2.75, 3.05) is 11.9 Å². The molecule has 1 aromatic rings. The van der Waals surface area contributed by atoms with Crippen LogP contribution in [0.3, 0.4) is 0 Å². The average molecular weight is 195 g/mol. The fourth-order valence-corrected chi connectivity index (χ4v) is 1.13. The second kappa shape index (κ2) is 5.54. The first-order valence-electron chi connectivity index (χ1n) is 4.94. The van der Waals surface area contributed by atoms with E-state index in [0.717, 1.165) is 31.0 Å². The van der Waals surface area contributed by atoms with Gasteiger partial charge in [-0.3, -0.25) is 0 Å². The molecule has 78 valence electrons. The molecule has 0 fully saturated rings. The summed E-state index contributed by atoms with van der Waals surface area (Å²) in [5.41, 5.74) is 0. The Labute approximate surface area is 84.4 Å². The molecule has 0 aliphatic carbocycles. The monoisotopic (exact) mass is 195 g/mol. The van der Waals surface area contributed by atoms with E-state index in [4.69, 9.17) is 0 Å². The first-order valence-corrected chi connectivity index (χ1v) is 4.94. The van der Waals surface area contributed by atoms with Crippen molar-refractivity contribution in [1.82, 2.24) is 9.97 Å². The fourth-order valence-electron chi connectivity index (χ4n) is 1.13. The number of aryl methyl sites for hydroxylation is 1. The molecule has 0 radical (unpaired) electrons. The number of rotatable bonds is 5. The lowest BCUT2D eigenvalue weighted by atomic mass is 10.2. The molecule has 0 saturated carbocycles. The summed E-state index contributed by atoms with van der Waals surface area (Å²) in [4.78, 5) is 8.19. The molecule has 0 bridgehead atoms. The van der Waals surface area contributed by atoms with E-state index in [2.05, 4.69) is 15.3 Å². The number of nitrogens with one attached hydrogen (secondary N) is 1. The van der Waals surface area contributed by atoms with Gasteiger partial charge in [0.1, 0.15) is 11.6 Å². The maximum absolute atomic E-state index is 9.32. The molecule has 1 heterocycles. The Bertz CT molecular complexity index is 278. The van der Waals surface area contributed by atoms with Crippen molar-refractivity contribution in [3.05, 3.63) is 18.1 Å². The number of hydrogen-bond donors (Lipinski definition) is 2. The van der Waals surface area contributed by atoms with Crippen LogP contribution >= 0.6 is 0 Å². The van der Waals surface area contributed by atoms with Gasteiger partial charge >= 0.3 is 0 Å². The summed E-state index contributed by atoms with van der Waals surface area (Å²) in [7, 11) is 0. The SMILES string of the molecule is CCC(O)CCNc1ccnc(C)n1. The van der Waals surface area contributed by atoms with Crippen LogP contribution in [0.15, 0.2) is 12.3 Å². The molecule has 0 aliphatic rings. The summed E-state index contributed by atoms with van der Waals surface area (Å²) >= 11 is 0. The van der Waals surface area contributed by atoms with Crippen molar-refractivity contribution in [3.63, 3.8) is 0 Å². The lowest BCUT2D eigenvalue weighted by Gasteiger charge is -2.08. The van der Waals surface area contributed by atoms with E-state index in [1.807, 2.05) is 19.9 Å². The fraction of sp³-hybridized carbons (Fsp3) is 0.600. The standard InChI is InChI=1S/C10H17N3O/c1-3-9(14)4-6-12-10-5-7-11-8(2)13-10/h5,7,9,14H,3-4,6H2,1-2H3,(H,11,12,13). The molecule has 1 rings (SSSR count). The summed E-state index contributed by atoms with van der Waals surface area (Å²) in [6.07, 6.45) is 3.05. The molecule has 0 aromatic carbocycles. The van der Waals surface area contributed by atoms with Gasteiger partial charge in [0.2, 0.25) is 0 Å². The number of nitrogens with zero attached hydrogens (tertiary/aromatic N) is 2. The van der Waals surface area contributed by atoms with E-state index in [1.165, 1.54) is 0 Å². The third-order valence-electron chi connectivity index (χ3n) is 2.03. The zero-order valence-electron chi connectivity index (χ0n) is 8.70. The molecule has 1 atom stereocenters. The lowest BCUT2D eigenvalue weighted by molar-refractivity contribution is 0.164. The van der Waals surface area contributed by atoms with Gasteiger partial charge in [0.25, 0.3) is 0 Å². The molecule has 1 aromatic heterocycles. The van der Waals surface area contributed by atoms with Crippen LogP contribution in [-0.4, -0.2) is 27.7 Å². The lowest BCUT2D eigenvalue weighted by Crippen LogP contribution is -2.13. The molecule has 0 spiro atoms. The molecule has 1 unspecified atom stereocenters. The molecule has 4 heteroatoms. The van der Waals surface area contributed by atoms with Crippen LogP contribution in [0.2, 0.25) is 0 Å². The Hall–Kier alpha value is -1.16. The van der Waals surface area contributed by atoms with Gasteiger partial charge in [-0.25, -0.2) is 9.97 Å². The van der Waals surface area contributed by atoms with Crippen molar-refractivity contribution in [2.24, 2.45) is 0 Å². The summed E-state index contributed by atoms with van der Waals surface area (Å²) < 4.78 is 0. The van der Waals surface area contributed by atoms with E-state index in [9.17, 15) is 5.11 Å². The Morgan fingerprint density at radius 2 is 2.36 bits per heavy atom. The maximum atomic E-state index is 9.32. The molecular formula is C10H17N3O. The van der Waals surface area contributed by atoms with E-state index in [-0.39, 0.29) is 6.10 Å². The Morgan fingerprint density at radius 3 is 3.00 bits per heavy atom. The van der Waals surface area contributed by atoms with Gasteiger partial charge < -0.3 is 10.4 Å². The molecule has 0 saturated heterocycles. The van der Waals surface area contributed by atoms with Crippen molar-refractivity contribution in [2.45, 2.75) is 32.8 Å². The highest BCUT2D eigenvalue weighted by atomic mass is 16.3. The molecule has 4 nitrogen and oxygen atoms in total. The first-order chi connectivity index (χ1) is 6.72. The van der Waals surface area contributed by atoms with Gasteiger partial charge in [-0.15, -0.1) is 0 Å². The van der Waals surface area contributed by atoms with E-state index >= 15 is 0 Å². The van der Waals surface area contributed by atoms with Crippen molar-refractivity contribution < 1.29 is 5.11 Å². The smallest absolute Gasteiger partial charge is 0.129 e. The molecule has 2 N–H and O–H groups in total. The van der Waals surface area contributed by atoms with Gasteiger partial charge in [0, 0.05) is 12.7 Å². The first kappa shape index (κ1) is 10.9. The molecule has 0 aliphatic heterocycles. The minimum atomic E-state index is -0.217. The van der Waals surface area contributed by atoms with Gasteiger partial charge in [-0.1, -0.05) is 6.92 Å². The number of hydrogen-bond acceptors (Lipinski definition) is 4. The quantitative estimate of drug-likeness (QED) is 0.744. The second-order valence-electron chi connectivity index (χ2n) is 3.27. The Balaban J connectivity index is 2.31. The highest BCUT2D eigenvalue weighted by molar-refractivity contribution is 5.32. The number of anilines is 1. The van der Waals surface area contributed by atoms with E-state index in [0.29, 0.717) is 0 Å². The van der Waals surface area contributed by atoms with Crippen molar-refractivity contribution in [1.29, 1.82) is 0 Å². The Kier molecular flexibility index (Phi) is 4.32. The predicted molar refractivity (Wildman–Crippen MR) is 56.2 cm³/mol. The minimum absolute atomic E-state index is 0.217. The number of aliphatic hydroxyl groups is 1. The summed E-state index contributed by atoms with van der Waals surface area (Å²) in [5, 5.41) is 12.5. The number of aromatic nitrogens is 2. The van der Waals surface area contributed by atoms with Gasteiger partial charge in [-0.05, 0) is 25.8 Å². The van der Waals surface area contributed by atoms with E-state index < -0.39 is 0 Å². The third-order valence-corrected chi connectivity index (χ3v) is 2.03. The zero-order valence-corrected chi connectivity index (χ0v) is 8.70. The van der Waals surface area contributed by atoms with Crippen molar-refractivity contribution in [3.8, 4) is 0 Å². The van der Waals surface area contributed by atoms with Crippen LogP contribution in [0.5, 0.6) is 0 Å². The summed E-state index contributed by atoms with van der Waals surface area (Å²) in [6.45, 7) is 4.57. The van der Waals surface area contributed by atoms with Crippen LogP contribution in [0, 0.1) is 6.92 Å². The van der Waals surface area contributed by atoms with Crippen LogP contribution in [-0.2, 0) is 0 Å².